The number of piperazine rings is 1. The first-order valence-corrected chi connectivity index (χ1v) is 20.8. The third-order valence-electron chi connectivity index (χ3n) is 12.0. The van der Waals surface area contributed by atoms with Crippen molar-refractivity contribution in [2.75, 3.05) is 49.5 Å². The number of piperidine rings is 1. The van der Waals surface area contributed by atoms with Crippen LogP contribution in [0.5, 0.6) is 0 Å². The van der Waals surface area contributed by atoms with Crippen molar-refractivity contribution in [1.82, 2.24) is 29.2 Å². The van der Waals surface area contributed by atoms with Gasteiger partial charge in [-0.15, -0.1) is 11.3 Å². The van der Waals surface area contributed by atoms with Crippen LogP contribution in [0, 0.1) is 5.82 Å². The fourth-order valence-electron chi connectivity index (χ4n) is 8.74. The van der Waals surface area contributed by atoms with E-state index in [0.29, 0.717) is 68.5 Å². The van der Waals surface area contributed by atoms with Crippen LogP contribution in [0.25, 0.3) is 11.1 Å². The molecule has 4 aromatic rings. The average molecular weight is 803 g/mol. The molecule has 6 heterocycles. The number of thiazole rings is 1. The number of halogens is 2. The zero-order valence-electron chi connectivity index (χ0n) is 32.0. The van der Waals surface area contributed by atoms with Crippen LogP contribution < -0.4 is 10.2 Å². The van der Waals surface area contributed by atoms with E-state index in [1.807, 2.05) is 71.4 Å². The number of carbonyl (C=O) groups excluding carboxylic acids is 3. The molecule has 0 bridgehead atoms. The highest BCUT2D eigenvalue weighted by Gasteiger charge is 2.42. The van der Waals surface area contributed by atoms with E-state index in [1.165, 1.54) is 22.3 Å². The molecule has 1 atom stereocenters. The summed E-state index contributed by atoms with van der Waals surface area (Å²) in [7, 11) is 0. The normalized spacial score (nSPS) is 21.7. The second-order valence-electron chi connectivity index (χ2n) is 15.5. The molecule has 58 heavy (non-hydrogen) atoms. The predicted octanol–water partition coefficient (Wildman–Crippen LogP) is 6.84. The Kier molecular flexibility index (Phi) is 10.3. The number of allylic oxidation sites excluding steroid dienone is 7. The van der Waals surface area contributed by atoms with Crippen LogP contribution >= 0.6 is 11.3 Å². The Hall–Kier alpha value is -5.89. The zero-order valence-corrected chi connectivity index (χ0v) is 32.8. The maximum atomic E-state index is 15.9. The van der Waals surface area contributed by atoms with Crippen LogP contribution in [0.3, 0.4) is 0 Å². The maximum absolute atomic E-state index is 15.9. The summed E-state index contributed by atoms with van der Waals surface area (Å²) in [5.74, 6) is -1.53. The average Bonchev–Trinajstić information content (AvgIpc) is 4.04. The fraction of sp³-hybridized carbons (Fsp3) is 0.341. The largest absolute Gasteiger partial charge is 0.371 e. The molecule has 9 rings (SSSR count). The van der Waals surface area contributed by atoms with Crippen molar-refractivity contribution in [3.63, 3.8) is 0 Å². The Bertz CT molecular complexity index is 2340. The molecule has 14 heteroatoms. The van der Waals surface area contributed by atoms with Crippen molar-refractivity contribution in [2.24, 2.45) is 0 Å². The van der Waals surface area contributed by atoms with Crippen LogP contribution in [0.2, 0.25) is 0 Å². The van der Waals surface area contributed by atoms with Gasteiger partial charge in [0.05, 0.1) is 25.0 Å². The quantitative estimate of drug-likeness (QED) is 0.198. The minimum Gasteiger partial charge on any atom is -0.371 e. The summed E-state index contributed by atoms with van der Waals surface area (Å²) >= 11 is 1.28. The highest BCUT2D eigenvalue weighted by molar-refractivity contribution is 7.13. The number of hydrogen-bond acceptors (Lipinski definition) is 8. The number of likely N-dealkylation sites (tertiary alicyclic amines) is 1. The molecule has 4 aliphatic heterocycles. The number of alkyl halides is 1. The molecular weight excluding hydrogens is 759 g/mol. The molecule has 2 fully saturated rings. The first kappa shape index (κ1) is 37.7. The van der Waals surface area contributed by atoms with Gasteiger partial charge in [-0.25, -0.2) is 18.7 Å². The maximum Gasteiger partial charge on any atom is 0.255 e. The Morgan fingerprint density at radius 1 is 0.897 bits per heavy atom. The van der Waals surface area contributed by atoms with Crippen molar-refractivity contribution < 1.29 is 23.2 Å². The van der Waals surface area contributed by atoms with Crippen molar-refractivity contribution >= 4 is 39.9 Å². The van der Waals surface area contributed by atoms with Gasteiger partial charge in [0, 0.05) is 85.6 Å². The second kappa shape index (κ2) is 15.8. The standard InChI is InChI=1S/C44H44F2N8O3S/c45-36-26-31(25-34-35(36)28-54(42(34)57)40(41(56)49-43-47-16-24-58-43)39-37-9-6-17-53(37)29-48-39)30-10-12-33(13-11-30)51-20-22-52(23-21-51)38(55)27-44(46)14-18-50(19-15-44)32-7-4-2-1-3-5-8-32/h1-5,7-8,10-13,16,24-26,29,40H,6,9,14-15,17-23,27-28H2,(H,47,49,56)/b2-1-,3-1?,4-2?,5-3-,7-4-,8-5?,32-7?,32-8+. The first-order valence-electron chi connectivity index (χ1n) is 19.9. The lowest BCUT2D eigenvalue weighted by molar-refractivity contribution is -0.135. The third kappa shape index (κ3) is 7.48. The van der Waals surface area contributed by atoms with Gasteiger partial charge in [0.15, 0.2) is 11.2 Å². The molecule has 1 unspecified atom stereocenters. The topological polar surface area (TPSA) is 107 Å². The van der Waals surface area contributed by atoms with Gasteiger partial charge in [-0.05, 0) is 73.2 Å². The first-order chi connectivity index (χ1) is 28.2. The number of fused-ring (bicyclic) bond motifs is 2. The summed E-state index contributed by atoms with van der Waals surface area (Å²) in [5.41, 5.74) is 3.67. The van der Waals surface area contributed by atoms with E-state index in [4.69, 9.17) is 0 Å². The summed E-state index contributed by atoms with van der Waals surface area (Å²) in [5, 5.41) is 5.00. The Morgan fingerprint density at radius 3 is 2.45 bits per heavy atom. The Morgan fingerprint density at radius 2 is 1.67 bits per heavy atom. The van der Waals surface area contributed by atoms with E-state index in [-0.39, 0.29) is 30.0 Å². The molecule has 1 N–H and O–H groups in total. The van der Waals surface area contributed by atoms with E-state index >= 15 is 8.78 Å². The van der Waals surface area contributed by atoms with Gasteiger partial charge >= 0.3 is 0 Å². The molecule has 2 aromatic carbocycles. The number of aryl methyl sites for hydroxylation is 1. The Balaban J connectivity index is 0.831. The fourth-order valence-corrected chi connectivity index (χ4v) is 9.27. The molecule has 0 radical (unpaired) electrons. The van der Waals surface area contributed by atoms with E-state index < -0.39 is 29.3 Å². The van der Waals surface area contributed by atoms with E-state index in [2.05, 4.69) is 25.1 Å². The summed E-state index contributed by atoms with van der Waals surface area (Å²) in [6.07, 6.45) is 19.4. The SMILES string of the molecule is O=C(Nc1nccs1)C(c1ncn2c1CCC2)N1Cc2c(F)cc(-c3ccc(N4CCN(C(=O)CC5(F)CCN(C6=C/C=C\C=C/C=C\6)CC5)CC4)cc3)cc2C1=O. The third-order valence-corrected chi connectivity index (χ3v) is 12.6. The van der Waals surface area contributed by atoms with E-state index in [9.17, 15) is 14.4 Å². The van der Waals surface area contributed by atoms with Crippen molar-refractivity contribution in [1.29, 1.82) is 0 Å². The predicted molar refractivity (Wildman–Crippen MR) is 219 cm³/mol. The van der Waals surface area contributed by atoms with Crippen LogP contribution in [0.4, 0.5) is 19.6 Å². The summed E-state index contributed by atoms with van der Waals surface area (Å²) in [4.78, 5) is 57.5. The van der Waals surface area contributed by atoms with Crippen molar-refractivity contribution in [3.05, 3.63) is 131 Å². The lowest BCUT2D eigenvalue weighted by Gasteiger charge is -2.40. The minimum atomic E-state index is -1.51. The lowest BCUT2D eigenvalue weighted by Crippen LogP contribution is -2.51. The highest BCUT2D eigenvalue weighted by atomic mass is 32.1. The van der Waals surface area contributed by atoms with Gasteiger partial charge in [-0.3, -0.25) is 19.7 Å². The molecule has 2 saturated heterocycles. The molecule has 3 amide bonds. The van der Waals surface area contributed by atoms with Gasteiger partial charge in [0.2, 0.25) is 5.91 Å². The van der Waals surface area contributed by atoms with Crippen molar-refractivity contribution in [3.8, 4) is 11.1 Å². The van der Waals surface area contributed by atoms with Crippen LogP contribution in [0.15, 0.2) is 103 Å². The summed E-state index contributed by atoms with van der Waals surface area (Å²) < 4.78 is 33.8. The number of anilines is 2. The van der Waals surface area contributed by atoms with E-state index in [1.54, 1.807) is 28.9 Å². The molecule has 0 saturated carbocycles. The van der Waals surface area contributed by atoms with Gasteiger partial charge < -0.3 is 24.2 Å². The van der Waals surface area contributed by atoms with Crippen LogP contribution in [-0.2, 0) is 29.1 Å². The smallest absolute Gasteiger partial charge is 0.255 e. The molecule has 1 aliphatic carbocycles. The zero-order chi connectivity index (χ0) is 39.8. The van der Waals surface area contributed by atoms with Crippen LogP contribution in [-0.4, -0.2) is 91.9 Å². The number of benzene rings is 2. The molecule has 11 nitrogen and oxygen atoms in total. The number of amides is 3. The number of rotatable bonds is 9. The van der Waals surface area contributed by atoms with E-state index in [0.717, 1.165) is 42.0 Å². The number of hydrogen-bond donors (Lipinski definition) is 1. The number of imidazole rings is 1. The van der Waals surface area contributed by atoms with Crippen LogP contribution in [0.1, 0.15) is 59.0 Å². The molecule has 5 aliphatic rings. The highest BCUT2D eigenvalue weighted by Crippen LogP contribution is 2.38. The second-order valence-corrected chi connectivity index (χ2v) is 16.4. The lowest BCUT2D eigenvalue weighted by atomic mass is 9.89. The Labute approximate surface area is 339 Å². The minimum absolute atomic E-state index is 0.0622. The molecular formula is C44H44F2N8O3S. The number of nitrogens with one attached hydrogen (secondary N) is 1. The number of nitrogens with zero attached hydrogens (tertiary/aromatic N) is 7. The number of carbonyl (C=O) groups is 3. The molecule has 298 valence electrons. The molecule has 2 aromatic heterocycles. The molecule has 0 spiro atoms. The summed E-state index contributed by atoms with van der Waals surface area (Å²) in [6.45, 7) is 4.07. The van der Waals surface area contributed by atoms with Gasteiger partial charge in [-0.2, -0.15) is 0 Å². The van der Waals surface area contributed by atoms with Gasteiger partial charge in [0.1, 0.15) is 11.5 Å². The van der Waals surface area contributed by atoms with Gasteiger partial charge in [-0.1, -0.05) is 42.5 Å². The summed E-state index contributed by atoms with van der Waals surface area (Å²) in [6, 6.07) is 9.81. The van der Waals surface area contributed by atoms with Crippen molar-refractivity contribution in [2.45, 2.75) is 56.9 Å². The van der Waals surface area contributed by atoms with Gasteiger partial charge in [0.25, 0.3) is 11.8 Å². The number of aromatic nitrogens is 3. The monoisotopic (exact) mass is 802 g/mol.